The highest BCUT2D eigenvalue weighted by Crippen LogP contribution is 2.33. The Morgan fingerprint density at radius 1 is 0.830 bits per heavy atom. The van der Waals surface area contributed by atoms with Crippen molar-refractivity contribution in [3.8, 4) is 0 Å². The second-order valence-electron chi connectivity index (χ2n) is 11.6. The number of hydrogen-bond acceptors (Lipinski definition) is 4. The predicted molar refractivity (Wildman–Crippen MR) is 183 cm³/mol. The van der Waals surface area contributed by atoms with Crippen molar-refractivity contribution in [2.75, 3.05) is 10.8 Å². The molecule has 2 amide bonds. The highest BCUT2D eigenvalue weighted by molar-refractivity contribution is 7.92. The maximum atomic E-state index is 14.6. The molecule has 0 spiro atoms. The molecule has 0 radical (unpaired) electrons. The van der Waals surface area contributed by atoms with E-state index in [4.69, 9.17) is 23.2 Å². The molecule has 1 N–H and O–H groups in total. The summed E-state index contributed by atoms with van der Waals surface area (Å²) in [6.45, 7) is -0.752. The molecule has 1 saturated carbocycles. The number of sulfonamides is 1. The van der Waals surface area contributed by atoms with Gasteiger partial charge < -0.3 is 10.2 Å². The van der Waals surface area contributed by atoms with Crippen molar-refractivity contribution in [1.82, 2.24) is 10.2 Å². The first kappa shape index (κ1) is 34.4. The Balaban J connectivity index is 1.58. The van der Waals surface area contributed by atoms with Gasteiger partial charge in [-0.3, -0.25) is 13.9 Å². The van der Waals surface area contributed by atoms with E-state index in [1.165, 1.54) is 47.4 Å². The van der Waals surface area contributed by atoms with Crippen LogP contribution in [0.1, 0.15) is 43.2 Å². The summed E-state index contributed by atoms with van der Waals surface area (Å²) < 4.78 is 43.1. The molecule has 1 aliphatic carbocycles. The van der Waals surface area contributed by atoms with Crippen LogP contribution < -0.4 is 9.62 Å². The standard InChI is InChI=1S/C36H36Cl2FN3O4S/c37-28-18-21-32(38)33(23-28)42(47(45,46)31-14-8-3-9-15-31)25-35(43)41(24-27-16-19-29(39)20-17-27)34(22-26-10-4-1-5-11-26)36(44)40-30-12-6-2-7-13-30/h1,3-5,8-11,14-21,23,30,34H,2,6-7,12-13,22,24-25H2,(H,40,44)/t34-/m1/s1. The van der Waals surface area contributed by atoms with Gasteiger partial charge in [0.2, 0.25) is 11.8 Å². The van der Waals surface area contributed by atoms with Crippen molar-refractivity contribution >= 4 is 50.7 Å². The van der Waals surface area contributed by atoms with E-state index in [1.54, 1.807) is 30.3 Å². The Labute approximate surface area is 285 Å². The van der Waals surface area contributed by atoms with E-state index in [-0.39, 0.29) is 45.5 Å². The van der Waals surface area contributed by atoms with Crippen LogP contribution in [0.25, 0.3) is 0 Å². The van der Waals surface area contributed by atoms with Crippen molar-refractivity contribution in [2.45, 2.75) is 62.0 Å². The first-order chi connectivity index (χ1) is 22.6. The molecule has 4 aromatic carbocycles. The average Bonchev–Trinajstić information content (AvgIpc) is 3.08. The number of nitrogens with zero attached hydrogens (tertiary/aromatic N) is 2. The van der Waals surface area contributed by atoms with Crippen molar-refractivity contribution < 1.29 is 22.4 Å². The molecule has 0 saturated heterocycles. The Kier molecular flexibility index (Phi) is 11.6. The van der Waals surface area contributed by atoms with E-state index in [2.05, 4.69) is 5.32 Å². The molecule has 0 heterocycles. The Morgan fingerprint density at radius 2 is 1.47 bits per heavy atom. The van der Waals surface area contributed by atoms with Gasteiger partial charge in [0.05, 0.1) is 15.6 Å². The predicted octanol–water partition coefficient (Wildman–Crippen LogP) is 7.42. The van der Waals surface area contributed by atoms with Crippen molar-refractivity contribution in [2.24, 2.45) is 0 Å². The van der Waals surface area contributed by atoms with Gasteiger partial charge in [-0.05, 0) is 66.4 Å². The molecule has 0 aliphatic heterocycles. The number of amides is 2. The molecule has 11 heteroatoms. The lowest BCUT2D eigenvalue weighted by molar-refractivity contribution is -0.140. The fraction of sp³-hybridized carbons (Fsp3) is 0.278. The first-order valence-corrected chi connectivity index (χ1v) is 17.7. The molecule has 1 aliphatic rings. The number of hydrogen-bond donors (Lipinski definition) is 1. The molecule has 5 rings (SSSR count). The van der Waals surface area contributed by atoms with Crippen molar-refractivity contribution in [1.29, 1.82) is 0 Å². The molecule has 7 nitrogen and oxygen atoms in total. The Hall–Kier alpha value is -3.92. The largest absolute Gasteiger partial charge is 0.352 e. The van der Waals surface area contributed by atoms with Crippen molar-refractivity contribution in [3.63, 3.8) is 0 Å². The lowest BCUT2D eigenvalue weighted by Gasteiger charge is -2.35. The minimum atomic E-state index is -4.34. The zero-order valence-electron chi connectivity index (χ0n) is 25.7. The van der Waals surface area contributed by atoms with Crippen LogP contribution in [-0.2, 0) is 32.6 Å². The van der Waals surface area contributed by atoms with Crippen LogP contribution in [0.15, 0.2) is 108 Å². The summed E-state index contributed by atoms with van der Waals surface area (Å²) >= 11 is 12.8. The molecule has 4 aromatic rings. The van der Waals surface area contributed by atoms with Crippen LogP contribution in [-0.4, -0.2) is 43.8 Å². The fourth-order valence-electron chi connectivity index (χ4n) is 5.79. The minimum absolute atomic E-state index is 0.0179. The quantitative estimate of drug-likeness (QED) is 0.167. The Morgan fingerprint density at radius 3 is 2.13 bits per heavy atom. The van der Waals surface area contributed by atoms with Gasteiger partial charge in [-0.25, -0.2) is 12.8 Å². The lowest BCUT2D eigenvalue weighted by atomic mass is 9.94. The maximum absolute atomic E-state index is 14.6. The van der Waals surface area contributed by atoms with Gasteiger partial charge in [-0.15, -0.1) is 0 Å². The van der Waals surface area contributed by atoms with Gasteiger partial charge in [0.25, 0.3) is 10.0 Å². The number of carbonyl (C=O) groups is 2. The molecular formula is C36H36Cl2FN3O4S. The molecule has 0 unspecified atom stereocenters. The number of carbonyl (C=O) groups excluding carboxylic acids is 2. The van der Waals surface area contributed by atoms with Crippen LogP contribution in [0.4, 0.5) is 10.1 Å². The smallest absolute Gasteiger partial charge is 0.264 e. The van der Waals surface area contributed by atoms with Gasteiger partial charge in [0, 0.05) is 24.0 Å². The normalized spacial score (nSPS) is 14.3. The maximum Gasteiger partial charge on any atom is 0.264 e. The van der Waals surface area contributed by atoms with Gasteiger partial charge in [0.1, 0.15) is 18.4 Å². The summed E-state index contributed by atoms with van der Waals surface area (Å²) in [5.74, 6) is -1.43. The number of rotatable bonds is 12. The molecule has 1 atom stereocenters. The molecule has 246 valence electrons. The van der Waals surface area contributed by atoms with Gasteiger partial charge in [0.15, 0.2) is 0 Å². The number of anilines is 1. The van der Waals surface area contributed by atoms with Crippen molar-refractivity contribution in [3.05, 3.63) is 130 Å². The number of halogens is 3. The van der Waals surface area contributed by atoms with E-state index >= 15 is 0 Å². The second kappa shape index (κ2) is 15.8. The monoisotopic (exact) mass is 695 g/mol. The zero-order chi connectivity index (χ0) is 33.4. The zero-order valence-corrected chi connectivity index (χ0v) is 28.0. The van der Waals surface area contributed by atoms with Crippen LogP contribution >= 0.6 is 23.2 Å². The highest BCUT2D eigenvalue weighted by Gasteiger charge is 2.36. The number of benzene rings is 4. The van der Waals surface area contributed by atoms with Gasteiger partial charge >= 0.3 is 0 Å². The topological polar surface area (TPSA) is 86.8 Å². The van der Waals surface area contributed by atoms with E-state index in [9.17, 15) is 22.4 Å². The van der Waals surface area contributed by atoms with Gasteiger partial charge in [-0.1, -0.05) is 103 Å². The molecule has 47 heavy (non-hydrogen) atoms. The molecule has 0 bridgehead atoms. The van der Waals surface area contributed by atoms with E-state index in [0.29, 0.717) is 5.56 Å². The van der Waals surface area contributed by atoms with Crippen LogP contribution in [0.2, 0.25) is 10.0 Å². The van der Waals surface area contributed by atoms with E-state index in [1.807, 2.05) is 30.3 Å². The van der Waals surface area contributed by atoms with Crippen LogP contribution in [0, 0.1) is 5.82 Å². The summed E-state index contributed by atoms with van der Waals surface area (Å²) in [5, 5.41) is 3.46. The van der Waals surface area contributed by atoms with E-state index in [0.717, 1.165) is 42.0 Å². The molecular weight excluding hydrogens is 660 g/mol. The summed E-state index contributed by atoms with van der Waals surface area (Å²) in [5.41, 5.74) is 1.41. The first-order valence-electron chi connectivity index (χ1n) is 15.5. The second-order valence-corrected chi connectivity index (χ2v) is 14.3. The summed E-state index contributed by atoms with van der Waals surface area (Å²) in [7, 11) is -4.34. The third kappa shape index (κ3) is 8.91. The van der Waals surface area contributed by atoms with E-state index < -0.39 is 34.3 Å². The highest BCUT2D eigenvalue weighted by atomic mass is 35.5. The average molecular weight is 697 g/mol. The third-order valence-corrected chi connectivity index (χ3v) is 10.6. The van der Waals surface area contributed by atoms with Crippen LogP contribution in [0.3, 0.4) is 0 Å². The number of nitrogens with one attached hydrogen (secondary N) is 1. The molecule has 1 fully saturated rings. The Bertz CT molecular complexity index is 1770. The lowest BCUT2D eigenvalue weighted by Crippen LogP contribution is -2.55. The summed E-state index contributed by atoms with van der Waals surface area (Å²) in [6, 6.07) is 26.0. The minimum Gasteiger partial charge on any atom is -0.352 e. The van der Waals surface area contributed by atoms with Crippen LogP contribution in [0.5, 0.6) is 0 Å². The molecule has 0 aromatic heterocycles. The SMILES string of the molecule is O=C(NC1CCCCC1)[C@@H](Cc1ccccc1)N(Cc1ccc(F)cc1)C(=O)CN(c1cc(Cl)ccc1Cl)S(=O)(=O)c1ccccc1. The summed E-state index contributed by atoms with van der Waals surface area (Å²) in [4.78, 5) is 30.1. The van der Waals surface area contributed by atoms with Gasteiger partial charge in [-0.2, -0.15) is 0 Å². The third-order valence-electron chi connectivity index (χ3n) is 8.28. The fourth-order valence-corrected chi connectivity index (χ4v) is 7.68. The summed E-state index contributed by atoms with van der Waals surface area (Å²) in [6.07, 6.45) is 4.96.